The second-order valence-electron chi connectivity index (χ2n) is 4.61. The van der Waals surface area contributed by atoms with E-state index < -0.39 is 0 Å². The predicted octanol–water partition coefficient (Wildman–Crippen LogP) is 4.45. The number of aryl methyl sites for hydroxylation is 2. The molecule has 0 radical (unpaired) electrons. The SMILES string of the molecule is Cc1cc(C)cc(OCCNc2ccc(Cl)cc2)c1. The molecule has 100 valence electrons. The molecule has 0 aromatic heterocycles. The van der Waals surface area contributed by atoms with Crippen LogP contribution in [0.2, 0.25) is 5.02 Å². The van der Waals surface area contributed by atoms with Crippen molar-refractivity contribution in [3.05, 3.63) is 58.6 Å². The summed E-state index contributed by atoms with van der Waals surface area (Å²) in [7, 11) is 0. The van der Waals surface area contributed by atoms with Crippen LogP contribution in [0.1, 0.15) is 11.1 Å². The number of hydrogen-bond acceptors (Lipinski definition) is 2. The van der Waals surface area contributed by atoms with Gasteiger partial charge in [-0.15, -0.1) is 0 Å². The first-order chi connectivity index (χ1) is 9.13. The molecule has 0 bridgehead atoms. The molecule has 2 nitrogen and oxygen atoms in total. The lowest BCUT2D eigenvalue weighted by Crippen LogP contribution is -2.11. The predicted molar refractivity (Wildman–Crippen MR) is 81.4 cm³/mol. The van der Waals surface area contributed by atoms with Gasteiger partial charge in [-0.1, -0.05) is 17.7 Å². The van der Waals surface area contributed by atoms with Crippen molar-refractivity contribution < 1.29 is 4.74 Å². The zero-order valence-corrected chi connectivity index (χ0v) is 12.0. The van der Waals surface area contributed by atoms with Crippen LogP contribution in [0.25, 0.3) is 0 Å². The number of ether oxygens (including phenoxy) is 1. The van der Waals surface area contributed by atoms with Gasteiger partial charge in [0.2, 0.25) is 0 Å². The molecule has 0 aliphatic rings. The molecule has 0 saturated heterocycles. The van der Waals surface area contributed by atoms with Gasteiger partial charge in [-0.05, 0) is 61.4 Å². The molecule has 2 rings (SSSR count). The molecule has 0 unspecified atom stereocenters. The maximum absolute atomic E-state index is 5.83. The first-order valence-electron chi connectivity index (χ1n) is 6.34. The van der Waals surface area contributed by atoms with Crippen molar-refractivity contribution in [3.63, 3.8) is 0 Å². The molecule has 0 spiro atoms. The molecule has 3 heteroatoms. The molecular weight excluding hydrogens is 258 g/mol. The quantitative estimate of drug-likeness (QED) is 0.814. The molecule has 2 aromatic rings. The Morgan fingerprint density at radius 2 is 1.63 bits per heavy atom. The molecular formula is C16H18ClNO. The summed E-state index contributed by atoms with van der Waals surface area (Å²) in [6.45, 7) is 5.54. The van der Waals surface area contributed by atoms with Gasteiger partial charge in [0.05, 0.1) is 0 Å². The molecule has 0 atom stereocenters. The van der Waals surface area contributed by atoms with Gasteiger partial charge in [-0.2, -0.15) is 0 Å². The lowest BCUT2D eigenvalue weighted by Gasteiger charge is -2.10. The van der Waals surface area contributed by atoms with E-state index in [9.17, 15) is 0 Å². The highest BCUT2D eigenvalue weighted by Crippen LogP contribution is 2.16. The van der Waals surface area contributed by atoms with Crippen LogP contribution in [-0.4, -0.2) is 13.2 Å². The number of benzene rings is 2. The van der Waals surface area contributed by atoms with E-state index >= 15 is 0 Å². The van der Waals surface area contributed by atoms with Crippen LogP contribution in [0.4, 0.5) is 5.69 Å². The topological polar surface area (TPSA) is 21.3 Å². The molecule has 2 aromatic carbocycles. The smallest absolute Gasteiger partial charge is 0.119 e. The highest BCUT2D eigenvalue weighted by atomic mass is 35.5. The third-order valence-corrected chi connectivity index (χ3v) is 2.99. The Labute approximate surface area is 119 Å². The number of nitrogens with one attached hydrogen (secondary N) is 1. The van der Waals surface area contributed by atoms with Crippen molar-refractivity contribution >= 4 is 17.3 Å². The van der Waals surface area contributed by atoms with E-state index in [4.69, 9.17) is 16.3 Å². The lowest BCUT2D eigenvalue weighted by atomic mass is 10.1. The highest BCUT2D eigenvalue weighted by molar-refractivity contribution is 6.30. The standard InChI is InChI=1S/C16H18ClNO/c1-12-9-13(2)11-16(10-12)19-8-7-18-15-5-3-14(17)4-6-15/h3-6,9-11,18H,7-8H2,1-2H3. The van der Waals surface area contributed by atoms with Gasteiger partial charge < -0.3 is 10.1 Å². The number of rotatable bonds is 5. The summed E-state index contributed by atoms with van der Waals surface area (Å²) in [6, 6.07) is 13.9. The fourth-order valence-corrected chi connectivity index (χ4v) is 2.07. The first-order valence-corrected chi connectivity index (χ1v) is 6.72. The van der Waals surface area contributed by atoms with Crippen LogP contribution in [0, 0.1) is 13.8 Å². The van der Waals surface area contributed by atoms with Gasteiger partial charge in [0, 0.05) is 17.3 Å². The van der Waals surface area contributed by atoms with E-state index in [0.717, 1.165) is 23.0 Å². The van der Waals surface area contributed by atoms with Crippen molar-refractivity contribution in [2.45, 2.75) is 13.8 Å². The van der Waals surface area contributed by atoms with E-state index in [0.29, 0.717) is 6.61 Å². The zero-order chi connectivity index (χ0) is 13.7. The maximum atomic E-state index is 5.83. The largest absolute Gasteiger partial charge is 0.492 e. The van der Waals surface area contributed by atoms with Crippen molar-refractivity contribution in [2.24, 2.45) is 0 Å². The fourth-order valence-electron chi connectivity index (χ4n) is 1.95. The second-order valence-corrected chi connectivity index (χ2v) is 5.04. The zero-order valence-electron chi connectivity index (χ0n) is 11.2. The Balaban J connectivity index is 1.79. The van der Waals surface area contributed by atoms with Gasteiger partial charge in [-0.3, -0.25) is 0 Å². The van der Waals surface area contributed by atoms with Crippen LogP contribution in [0.5, 0.6) is 5.75 Å². The van der Waals surface area contributed by atoms with Gasteiger partial charge in [0.15, 0.2) is 0 Å². The van der Waals surface area contributed by atoms with E-state index in [1.54, 1.807) is 0 Å². The minimum Gasteiger partial charge on any atom is -0.492 e. The summed E-state index contributed by atoms with van der Waals surface area (Å²) < 4.78 is 5.72. The van der Waals surface area contributed by atoms with E-state index in [-0.39, 0.29) is 0 Å². The molecule has 0 aliphatic carbocycles. The summed E-state index contributed by atoms with van der Waals surface area (Å²) >= 11 is 5.83. The highest BCUT2D eigenvalue weighted by Gasteiger charge is 1.97. The van der Waals surface area contributed by atoms with E-state index in [1.165, 1.54) is 11.1 Å². The van der Waals surface area contributed by atoms with Crippen molar-refractivity contribution in [2.75, 3.05) is 18.5 Å². The van der Waals surface area contributed by atoms with Crippen LogP contribution in [-0.2, 0) is 0 Å². The molecule has 0 amide bonds. The Bertz CT molecular complexity index is 517. The van der Waals surface area contributed by atoms with Gasteiger partial charge in [0.1, 0.15) is 12.4 Å². The summed E-state index contributed by atoms with van der Waals surface area (Å²) in [5.41, 5.74) is 3.50. The minimum atomic E-state index is 0.630. The molecule has 0 heterocycles. The second kappa shape index (κ2) is 6.48. The first kappa shape index (κ1) is 13.8. The minimum absolute atomic E-state index is 0.630. The van der Waals surface area contributed by atoms with Gasteiger partial charge in [-0.25, -0.2) is 0 Å². The Kier molecular flexibility index (Phi) is 4.69. The van der Waals surface area contributed by atoms with Crippen molar-refractivity contribution in [1.82, 2.24) is 0 Å². The maximum Gasteiger partial charge on any atom is 0.119 e. The third-order valence-electron chi connectivity index (χ3n) is 2.74. The van der Waals surface area contributed by atoms with Crippen LogP contribution >= 0.6 is 11.6 Å². The van der Waals surface area contributed by atoms with Crippen LogP contribution in [0.3, 0.4) is 0 Å². The Morgan fingerprint density at radius 3 is 2.26 bits per heavy atom. The Hall–Kier alpha value is -1.67. The van der Waals surface area contributed by atoms with Crippen molar-refractivity contribution in [1.29, 1.82) is 0 Å². The fraction of sp³-hybridized carbons (Fsp3) is 0.250. The summed E-state index contributed by atoms with van der Waals surface area (Å²) in [5.74, 6) is 0.926. The number of hydrogen-bond donors (Lipinski definition) is 1. The molecule has 1 N–H and O–H groups in total. The van der Waals surface area contributed by atoms with Crippen LogP contribution in [0.15, 0.2) is 42.5 Å². The average Bonchev–Trinajstić information content (AvgIpc) is 2.36. The average molecular weight is 276 g/mol. The monoisotopic (exact) mass is 275 g/mol. The third kappa shape index (κ3) is 4.49. The molecule has 19 heavy (non-hydrogen) atoms. The number of anilines is 1. The van der Waals surface area contributed by atoms with E-state index in [1.807, 2.05) is 24.3 Å². The van der Waals surface area contributed by atoms with Crippen LogP contribution < -0.4 is 10.1 Å². The molecule has 0 aliphatic heterocycles. The number of halogens is 1. The molecule has 0 fully saturated rings. The summed E-state index contributed by atoms with van der Waals surface area (Å²) in [6.07, 6.45) is 0. The molecule has 0 saturated carbocycles. The normalized spacial score (nSPS) is 10.3. The van der Waals surface area contributed by atoms with Gasteiger partial charge in [0.25, 0.3) is 0 Å². The van der Waals surface area contributed by atoms with Crippen molar-refractivity contribution in [3.8, 4) is 5.75 Å². The van der Waals surface area contributed by atoms with Gasteiger partial charge >= 0.3 is 0 Å². The Morgan fingerprint density at radius 1 is 1.00 bits per heavy atom. The summed E-state index contributed by atoms with van der Waals surface area (Å²) in [5, 5.41) is 4.03. The summed E-state index contributed by atoms with van der Waals surface area (Å²) in [4.78, 5) is 0. The lowest BCUT2D eigenvalue weighted by molar-refractivity contribution is 0.332. The van der Waals surface area contributed by atoms with E-state index in [2.05, 4.69) is 37.4 Å².